The Kier molecular flexibility index (Phi) is 10.1. The second-order valence-electron chi connectivity index (χ2n) is 10.9. The van der Waals surface area contributed by atoms with E-state index in [4.69, 9.17) is 19.9 Å². The molecule has 0 unspecified atom stereocenters. The maximum absolute atomic E-state index is 13.2. The molecule has 1 saturated heterocycles. The minimum absolute atomic E-state index is 0.138. The van der Waals surface area contributed by atoms with Gasteiger partial charge in [0.25, 0.3) is 11.5 Å². The predicted molar refractivity (Wildman–Crippen MR) is 159 cm³/mol. The summed E-state index contributed by atoms with van der Waals surface area (Å²) < 4.78 is 17.8. The third kappa shape index (κ3) is 6.94. The van der Waals surface area contributed by atoms with Crippen LogP contribution in [0.1, 0.15) is 23.3 Å². The lowest BCUT2D eigenvalue weighted by Gasteiger charge is -2.35. The van der Waals surface area contributed by atoms with Crippen molar-refractivity contribution in [3.05, 3.63) is 117 Å². The molecule has 0 radical (unpaired) electrons. The zero-order valence-electron chi connectivity index (χ0n) is 24.3. The average molecular weight is 639 g/mol. The molecular weight excluding hydrogens is 604 g/mol. The van der Waals surface area contributed by atoms with E-state index in [9.17, 15) is 39.6 Å². The second kappa shape index (κ2) is 14.2. The zero-order chi connectivity index (χ0) is 33.0. The molecule has 244 valence electrons. The minimum Gasteiger partial charge on any atom is -0.456 e. The molecule has 2 aliphatic rings. The summed E-state index contributed by atoms with van der Waals surface area (Å²) in [6.07, 6.45) is -9.58. The molecule has 46 heavy (non-hydrogen) atoms. The SMILES string of the molecule is NC(=O)[C@H](O[C@H]1OC(C(=O)NCC(c2ccccc2)c2ccccc2)=C[C@H](O)[C@@H]1O)[C@H]1O[C@@H](n2ccc(=O)[nH]c2=O)[C@H](O)[C@@H]1CO. The van der Waals surface area contributed by atoms with Crippen LogP contribution >= 0.6 is 0 Å². The molecule has 1 fully saturated rings. The molecule has 1 aromatic heterocycles. The summed E-state index contributed by atoms with van der Waals surface area (Å²) in [6.45, 7) is -0.610. The van der Waals surface area contributed by atoms with E-state index in [1.165, 1.54) is 0 Å². The highest BCUT2D eigenvalue weighted by Crippen LogP contribution is 2.36. The Hall–Kier alpha value is -4.64. The fourth-order valence-corrected chi connectivity index (χ4v) is 5.53. The van der Waals surface area contributed by atoms with Crippen LogP contribution in [0.2, 0.25) is 0 Å². The van der Waals surface area contributed by atoms with Gasteiger partial charge in [0.05, 0.1) is 6.61 Å². The van der Waals surface area contributed by atoms with Gasteiger partial charge in [0.15, 0.2) is 18.1 Å². The number of aromatic amines is 1. The number of nitrogens with zero attached hydrogens (tertiary/aromatic N) is 1. The molecule has 0 bridgehead atoms. The first-order valence-electron chi connectivity index (χ1n) is 14.4. The van der Waals surface area contributed by atoms with Crippen LogP contribution in [-0.2, 0) is 23.8 Å². The first kappa shape index (κ1) is 32.7. The van der Waals surface area contributed by atoms with Crippen molar-refractivity contribution in [2.45, 2.75) is 49.0 Å². The minimum atomic E-state index is -1.83. The third-order valence-corrected chi connectivity index (χ3v) is 7.93. The number of aliphatic hydroxyl groups is 4. The smallest absolute Gasteiger partial charge is 0.330 e. The van der Waals surface area contributed by atoms with Crippen molar-refractivity contribution in [2.75, 3.05) is 13.2 Å². The van der Waals surface area contributed by atoms with Crippen molar-refractivity contribution in [1.29, 1.82) is 0 Å². The van der Waals surface area contributed by atoms with Gasteiger partial charge in [-0.2, -0.15) is 0 Å². The molecule has 8 atom stereocenters. The number of hydrogen-bond acceptors (Lipinski definition) is 11. The highest BCUT2D eigenvalue weighted by Gasteiger charge is 2.51. The van der Waals surface area contributed by atoms with E-state index in [2.05, 4.69) is 5.32 Å². The highest BCUT2D eigenvalue weighted by atomic mass is 16.7. The van der Waals surface area contributed by atoms with Gasteiger partial charge in [-0.3, -0.25) is 23.9 Å². The van der Waals surface area contributed by atoms with Gasteiger partial charge in [-0.25, -0.2) is 4.79 Å². The molecule has 8 N–H and O–H groups in total. The van der Waals surface area contributed by atoms with E-state index in [-0.39, 0.29) is 12.5 Å². The van der Waals surface area contributed by atoms with E-state index in [1.807, 2.05) is 65.6 Å². The summed E-state index contributed by atoms with van der Waals surface area (Å²) in [7, 11) is 0. The molecule has 0 spiro atoms. The maximum atomic E-state index is 13.2. The van der Waals surface area contributed by atoms with Gasteiger partial charge in [-0.15, -0.1) is 0 Å². The van der Waals surface area contributed by atoms with E-state index >= 15 is 0 Å². The van der Waals surface area contributed by atoms with Crippen LogP contribution < -0.4 is 22.3 Å². The lowest BCUT2D eigenvalue weighted by Crippen LogP contribution is -2.53. The Morgan fingerprint density at radius 3 is 2.17 bits per heavy atom. The first-order valence-corrected chi connectivity index (χ1v) is 14.4. The van der Waals surface area contributed by atoms with Gasteiger partial charge in [-0.1, -0.05) is 60.7 Å². The van der Waals surface area contributed by atoms with Crippen molar-refractivity contribution in [3.63, 3.8) is 0 Å². The quantitative estimate of drug-likeness (QED) is 0.124. The largest absolute Gasteiger partial charge is 0.456 e. The molecule has 2 amide bonds. The molecule has 2 aliphatic heterocycles. The van der Waals surface area contributed by atoms with E-state index < -0.39 is 84.4 Å². The average Bonchev–Trinajstić information content (AvgIpc) is 3.37. The number of benzene rings is 2. The summed E-state index contributed by atoms with van der Waals surface area (Å²) in [5, 5.41) is 44.8. The summed E-state index contributed by atoms with van der Waals surface area (Å²) in [6, 6.07) is 20.0. The van der Waals surface area contributed by atoms with Gasteiger partial charge in [0, 0.05) is 30.6 Å². The zero-order valence-corrected chi connectivity index (χ0v) is 24.3. The number of aliphatic hydroxyl groups excluding tert-OH is 4. The van der Waals surface area contributed by atoms with E-state index in [0.717, 1.165) is 34.0 Å². The Balaban J connectivity index is 1.32. The number of nitrogens with one attached hydrogen (secondary N) is 2. The molecule has 15 heteroatoms. The first-order chi connectivity index (χ1) is 22.1. The fourth-order valence-electron chi connectivity index (χ4n) is 5.53. The van der Waals surface area contributed by atoms with Crippen molar-refractivity contribution in [2.24, 2.45) is 11.7 Å². The van der Waals surface area contributed by atoms with Crippen molar-refractivity contribution in [3.8, 4) is 0 Å². The number of carbonyl (C=O) groups is 2. The van der Waals surface area contributed by atoms with Gasteiger partial charge in [0.1, 0.15) is 24.4 Å². The van der Waals surface area contributed by atoms with Crippen LogP contribution in [0, 0.1) is 5.92 Å². The number of nitrogens with two attached hydrogens (primary N) is 1. The number of hydrogen-bond donors (Lipinski definition) is 7. The van der Waals surface area contributed by atoms with Crippen LogP contribution in [0.5, 0.6) is 0 Å². The summed E-state index contributed by atoms with van der Waals surface area (Å²) >= 11 is 0. The van der Waals surface area contributed by atoms with Crippen LogP contribution in [-0.4, -0.2) is 91.8 Å². The highest BCUT2D eigenvalue weighted by molar-refractivity contribution is 5.91. The molecule has 0 saturated carbocycles. The van der Waals surface area contributed by atoms with E-state index in [0.29, 0.717) is 0 Å². The molecule has 0 aliphatic carbocycles. The van der Waals surface area contributed by atoms with E-state index in [1.54, 1.807) is 0 Å². The Labute approximate surface area is 261 Å². The number of carbonyl (C=O) groups excluding carboxylic acids is 2. The number of rotatable bonds is 11. The molecule has 3 aromatic rings. The lowest BCUT2D eigenvalue weighted by atomic mass is 9.91. The number of ether oxygens (including phenoxy) is 3. The fraction of sp³-hybridized carbons (Fsp3) is 0.355. The Bertz CT molecular complexity index is 1620. The molecule has 2 aromatic carbocycles. The van der Waals surface area contributed by atoms with Crippen LogP contribution in [0.3, 0.4) is 0 Å². The Morgan fingerprint density at radius 1 is 0.978 bits per heavy atom. The van der Waals surface area contributed by atoms with Crippen molar-refractivity contribution >= 4 is 11.8 Å². The second-order valence-corrected chi connectivity index (χ2v) is 10.9. The summed E-state index contributed by atoms with van der Waals surface area (Å²) in [5.41, 5.74) is 5.83. The van der Waals surface area contributed by atoms with Gasteiger partial charge in [0.2, 0.25) is 12.2 Å². The molecule has 15 nitrogen and oxygen atoms in total. The topological polar surface area (TPSA) is 236 Å². The number of amides is 2. The van der Waals surface area contributed by atoms with Gasteiger partial charge in [-0.05, 0) is 17.2 Å². The summed E-state index contributed by atoms with van der Waals surface area (Å²) in [5.74, 6) is -3.79. The number of primary amides is 1. The number of aromatic nitrogens is 2. The third-order valence-electron chi connectivity index (χ3n) is 7.93. The van der Waals surface area contributed by atoms with Gasteiger partial charge < -0.3 is 45.7 Å². The Morgan fingerprint density at radius 2 is 1.61 bits per heavy atom. The van der Waals surface area contributed by atoms with Crippen LogP contribution in [0.4, 0.5) is 0 Å². The predicted octanol–water partition coefficient (Wildman–Crippen LogP) is -1.82. The lowest BCUT2D eigenvalue weighted by molar-refractivity contribution is -0.239. The van der Waals surface area contributed by atoms with Crippen LogP contribution in [0.15, 0.2) is 94.4 Å². The van der Waals surface area contributed by atoms with Gasteiger partial charge >= 0.3 is 5.69 Å². The standard InChI is InChI=1S/C31H34N4O11/c32-27(41)26(25-19(15-36)23(39)29(45-25)35-12-11-22(38)34-31(35)43)46-30-24(40)20(37)13-21(44-30)28(42)33-14-18(16-7-3-1-4-8-16)17-9-5-2-6-10-17/h1-13,18-20,23-26,29-30,36-37,39-40H,14-15H2,(H2,32,41)(H,33,42)(H,34,38,43)/t19-,20-,23+,24-,25-,26+,29+,30+/m0/s1. The van der Waals surface area contributed by atoms with Crippen LogP contribution in [0.25, 0.3) is 0 Å². The molecule has 3 heterocycles. The maximum Gasteiger partial charge on any atom is 0.330 e. The molecular formula is C31H34N4O11. The van der Waals surface area contributed by atoms with Crippen molar-refractivity contribution in [1.82, 2.24) is 14.9 Å². The van der Waals surface area contributed by atoms with Crippen molar-refractivity contribution < 1.29 is 44.2 Å². The molecule has 5 rings (SSSR count). The monoisotopic (exact) mass is 638 g/mol. The normalized spacial score (nSPS) is 26.6. The number of H-pyrrole nitrogens is 1. The summed E-state index contributed by atoms with van der Waals surface area (Å²) in [4.78, 5) is 51.7.